The van der Waals surface area contributed by atoms with Gasteiger partial charge < -0.3 is 10.0 Å². The molecule has 0 unspecified atom stereocenters. The molecule has 0 saturated carbocycles. The van der Waals surface area contributed by atoms with E-state index in [0.717, 1.165) is 16.7 Å². The van der Waals surface area contributed by atoms with Gasteiger partial charge in [-0.2, -0.15) is 0 Å². The summed E-state index contributed by atoms with van der Waals surface area (Å²) in [5.74, 6) is -0.615. The lowest BCUT2D eigenvalue weighted by molar-refractivity contribution is 0.423. The second kappa shape index (κ2) is 4.69. The van der Waals surface area contributed by atoms with E-state index in [9.17, 15) is 4.39 Å². The number of aryl methyl sites for hydroxylation is 1. The molecule has 2 aromatic rings. The maximum Gasteiger partial charge on any atom is 0.491 e. The highest BCUT2D eigenvalue weighted by atomic mass is 19.1. The Kier molecular flexibility index (Phi) is 3.27. The van der Waals surface area contributed by atoms with E-state index in [4.69, 9.17) is 10.0 Å². The van der Waals surface area contributed by atoms with Gasteiger partial charge in [0, 0.05) is 5.46 Å². The van der Waals surface area contributed by atoms with Gasteiger partial charge in [-0.3, -0.25) is 0 Å². The molecule has 0 heterocycles. The summed E-state index contributed by atoms with van der Waals surface area (Å²) >= 11 is 0. The SMILES string of the molecule is Cc1ccc(-c2ccc(F)c(B(O)O)c2)cc1. The highest BCUT2D eigenvalue weighted by molar-refractivity contribution is 6.58. The van der Waals surface area contributed by atoms with Gasteiger partial charge in [0.15, 0.2) is 0 Å². The molecule has 0 spiro atoms. The van der Waals surface area contributed by atoms with Crippen LogP contribution < -0.4 is 5.46 Å². The van der Waals surface area contributed by atoms with Crippen LogP contribution in [-0.4, -0.2) is 17.2 Å². The Morgan fingerprint density at radius 1 is 0.941 bits per heavy atom. The summed E-state index contributed by atoms with van der Waals surface area (Å²) in [4.78, 5) is 0. The Morgan fingerprint density at radius 3 is 2.12 bits per heavy atom. The van der Waals surface area contributed by atoms with Gasteiger partial charge in [0.25, 0.3) is 0 Å². The zero-order valence-corrected chi connectivity index (χ0v) is 9.39. The van der Waals surface area contributed by atoms with Crippen molar-refractivity contribution in [3.05, 3.63) is 53.8 Å². The van der Waals surface area contributed by atoms with Crippen molar-refractivity contribution in [2.45, 2.75) is 6.92 Å². The van der Waals surface area contributed by atoms with E-state index in [1.54, 1.807) is 6.07 Å². The Bertz CT molecular complexity index is 523. The molecule has 0 radical (unpaired) electrons. The first-order valence-corrected chi connectivity index (χ1v) is 5.30. The van der Waals surface area contributed by atoms with Crippen LogP contribution in [-0.2, 0) is 0 Å². The molecule has 2 rings (SSSR count). The van der Waals surface area contributed by atoms with E-state index in [0.29, 0.717) is 0 Å². The highest BCUT2D eigenvalue weighted by Gasteiger charge is 2.17. The van der Waals surface area contributed by atoms with Gasteiger partial charge in [-0.15, -0.1) is 0 Å². The minimum Gasteiger partial charge on any atom is -0.423 e. The number of benzene rings is 2. The van der Waals surface area contributed by atoms with Crippen LogP contribution in [0.15, 0.2) is 42.5 Å². The molecule has 0 fully saturated rings. The minimum absolute atomic E-state index is 0.108. The van der Waals surface area contributed by atoms with Crippen molar-refractivity contribution in [3.63, 3.8) is 0 Å². The van der Waals surface area contributed by atoms with Crippen molar-refractivity contribution >= 4 is 12.6 Å². The lowest BCUT2D eigenvalue weighted by atomic mass is 9.78. The maximum atomic E-state index is 13.3. The summed E-state index contributed by atoms with van der Waals surface area (Å²) < 4.78 is 13.3. The molecule has 2 N–H and O–H groups in total. The van der Waals surface area contributed by atoms with Crippen LogP contribution in [0.25, 0.3) is 11.1 Å². The van der Waals surface area contributed by atoms with E-state index < -0.39 is 12.9 Å². The normalized spacial score (nSPS) is 10.4. The molecule has 0 aliphatic heterocycles. The monoisotopic (exact) mass is 230 g/mol. The molecule has 86 valence electrons. The summed E-state index contributed by atoms with van der Waals surface area (Å²) in [5, 5.41) is 18.1. The fourth-order valence-corrected chi connectivity index (χ4v) is 1.67. The number of rotatable bonds is 2. The Morgan fingerprint density at radius 2 is 1.53 bits per heavy atom. The molecule has 0 saturated heterocycles. The Hall–Kier alpha value is -1.65. The van der Waals surface area contributed by atoms with Crippen molar-refractivity contribution in [1.29, 1.82) is 0 Å². The topological polar surface area (TPSA) is 40.5 Å². The lowest BCUT2D eigenvalue weighted by Crippen LogP contribution is -2.32. The predicted octanol–water partition coefficient (Wildman–Crippen LogP) is 1.48. The quantitative estimate of drug-likeness (QED) is 0.767. The predicted molar refractivity (Wildman–Crippen MR) is 66.4 cm³/mol. The van der Waals surface area contributed by atoms with E-state index in [2.05, 4.69) is 0 Å². The van der Waals surface area contributed by atoms with Crippen molar-refractivity contribution in [1.82, 2.24) is 0 Å². The molecular formula is C13H12BFO2. The van der Waals surface area contributed by atoms with Crippen molar-refractivity contribution in [2.24, 2.45) is 0 Å². The average molecular weight is 230 g/mol. The van der Waals surface area contributed by atoms with Crippen LogP contribution in [0.4, 0.5) is 4.39 Å². The third kappa shape index (κ3) is 2.54. The van der Waals surface area contributed by atoms with Crippen LogP contribution in [0.3, 0.4) is 0 Å². The van der Waals surface area contributed by atoms with Crippen LogP contribution in [0.2, 0.25) is 0 Å². The van der Waals surface area contributed by atoms with Crippen LogP contribution >= 0.6 is 0 Å². The van der Waals surface area contributed by atoms with Gasteiger partial charge in [-0.1, -0.05) is 42.0 Å². The highest BCUT2D eigenvalue weighted by Crippen LogP contribution is 2.19. The van der Waals surface area contributed by atoms with Gasteiger partial charge in [-0.05, 0) is 24.1 Å². The van der Waals surface area contributed by atoms with Crippen LogP contribution in [0.1, 0.15) is 5.56 Å². The fourth-order valence-electron chi connectivity index (χ4n) is 1.67. The van der Waals surface area contributed by atoms with E-state index in [1.807, 2.05) is 31.2 Å². The second-order valence-electron chi connectivity index (χ2n) is 3.98. The standard InChI is InChI=1S/C13H12BFO2/c1-9-2-4-10(5-3-9)11-6-7-13(15)12(8-11)14(16)17/h2-8,16-17H,1H3. The smallest absolute Gasteiger partial charge is 0.423 e. The first-order valence-electron chi connectivity index (χ1n) is 5.30. The Balaban J connectivity index is 2.46. The minimum atomic E-state index is -1.79. The van der Waals surface area contributed by atoms with Crippen molar-refractivity contribution in [2.75, 3.05) is 0 Å². The van der Waals surface area contributed by atoms with Crippen molar-refractivity contribution < 1.29 is 14.4 Å². The Labute approximate surface area is 99.5 Å². The largest absolute Gasteiger partial charge is 0.491 e. The van der Waals surface area contributed by atoms with Crippen molar-refractivity contribution in [3.8, 4) is 11.1 Å². The molecule has 0 amide bonds. The summed E-state index contributed by atoms with van der Waals surface area (Å²) in [5.41, 5.74) is 2.70. The lowest BCUT2D eigenvalue weighted by Gasteiger charge is -2.06. The van der Waals surface area contributed by atoms with Gasteiger partial charge >= 0.3 is 7.12 Å². The molecule has 4 heteroatoms. The summed E-state index contributed by atoms with van der Waals surface area (Å²) in [6.07, 6.45) is 0. The van der Waals surface area contributed by atoms with Crippen LogP contribution in [0, 0.1) is 12.7 Å². The zero-order valence-electron chi connectivity index (χ0n) is 9.39. The first-order chi connectivity index (χ1) is 8.08. The molecule has 0 aromatic heterocycles. The van der Waals surface area contributed by atoms with Gasteiger partial charge in [0.05, 0.1) is 0 Å². The molecule has 0 aliphatic rings. The fraction of sp³-hybridized carbons (Fsp3) is 0.0769. The molecule has 0 aliphatic carbocycles. The van der Waals surface area contributed by atoms with Gasteiger partial charge in [0.2, 0.25) is 0 Å². The molecule has 2 aromatic carbocycles. The first kappa shape index (κ1) is 11.8. The average Bonchev–Trinajstić information content (AvgIpc) is 2.30. The summed E-state index contributed by atoms with van der Waals surface area (Å²) in [7, 11) is -1.79. The number of halogens is 1. The summed E-state index contributed by atoms with van der Waals surface area (Å²) in [6.45, 7) is 1.98. The summed E-state index contributed by atoms with van der Waals surface area (Å²) in [6, 6.07) is 12.0. The maximum absolute atomic E-state index is 13.3. The van der Waals surface area contributed by atoms with Gasteiger partial charge in [0.1, 0.15) is 5.82 Å². The number of hydrogen-bond acceptors (Lipinski definition) is 2. The third-order valence-corrected chi connectivity index (χ3v) is 2.66. The van der Waals surface area contributed by atoms with E-state index >= 15 is 0 Å². The van der Waals surface area contributed by atoms with Crippen LogP contribution in [0.5, 0.6) is 0 Å². The number of hydrogen-bond donors (Lipinski definition) is 2. The van der Waals surface area contributed by atoms with Gasteiger partial charge in [-0.25, -0.2) is 4.39 Å². The second-order valence-corrected chi connectivity index (χ2v) is 3.98. The molecule has 17 heavy (non-hydrogen) atoms. The van der Waals surface area contributed by atoms with E-state index in [-0.39, 0.29) is 5.46 Å². The molecule has 0 bridgehead atoms. The molecule has 0 atom stereocenters. The molecule has 2 nitrogen and oxygen atoms in total. The third-order valence-electron chi connectivity index (χ3n) is 2.66. The van der Waals surface area contributed by atoms with E-state index in [1.165, 1.54) is 12.1 Å². The molecular weight excluding hydrogens is 218 g/mol. The zero-order chi connectivity index (χ0) is 12.4.